The predicted molar refractivity (Wildman–Crippen MR) is 107 cm³/mol. The molecule has 7 heteroatoms. The van der Waals surface area contributed by atoms with E-state index in [1.807, 2.05) is 43.3 Å². The molecular formula is C22H29NO6. The summed E-state index contributed by atoms with van der Waals surface area (Å²) in [6.07, 6.45) is 3.56. The van der Waals surface area contributed by atoms with Gasteiger partial charge in [0.2, 0.25) is 5.91 Å². The molecule has 0 bridgehead atoms. The van der Waals surface area contributed by atoms with E-state index in [1.54, 1.807) is 13.0 Å². The minimum atomic E-state index is -0.850. The number of amides is 1. The minimum absolute atomic E-state index is 0.0437. The Bertz CT molecular complexity index is 717. The van der Waals surface area contributed by atoms with E-state index in [1.165, 1.54) is 7.11 Å². The first-order chi connectivity index (χ1) is 13.9. The quantitative estimate of drug-likeness (QED) is 0.614. The molecule has 0 aromatic heterocycles. The highest BCUT2D eigenvalue weighted by atomic mass is 16.6. The number of esters is 2. The number of carbonyl (C=O) groups is 3. The van der Waals surface area contributed by atoms with Gasteiger partial charge in [-0.3, -0.25) is 9.59 Å². The summed E-state index contributed by atoms with van der Waals surface area (Å²) in [6, 6.07) is 8.52. The second kappa shape index (κ2) is 11.4. The van der Waals surface area contributed by atoms with Crippen LogP contribution in [0.25, 0.3) is 0 Å². The third-order valence-electron chi connectivity index (χ3n) is 4.83. The molecule has 0 unspecified atom stereocenters. The molecule has 1 aliphatic heterocycles. The van der Waals surface area contributed by atoms with E-state index in [-0.39, 0.29) is 37.6 Å². The summed E-state index contributed by atoms with van der Waals surface area (Å²) in [6.45, 7) is 3.54. The van der Waals surface area contributed by atoms with Crippen molar-refractivity contribution in [1.82, 2.24) is 5.32 Å². The Morgan fingerprint density at radius 3 is 2.48 bits per heavy atom. The van der Waals surface area contributed by atoms with Gasteiger partial charge in [-0.15, -0.1) is 0 Å². The molecule has 0 saturated carbocycles. The van der Waals surface area contributed by atoms with Crippen LogP contribution in [0.3, 0.4) is 0 Å². The number of hydrogen-bond donors (Lipinski definition) is 1. The largest absolute Gasteiger partial charge is 0.465 e. The molecule has 0 fully saturated rings. The highest BCUT2D eigenvalue weighted by molar-refractivity contribution is 5.86. The van der Waals surface area contributed by atoms with Crippen molar-refractivity contribution in [3.05, 3.63) is 48.0 Å². The Balaban J connectivity index is 2.20. The van der Waals surface area contributed by atoms with Crippen LogP contribution in [0.15, 0.2) is 42.5 Å². The van der Waals surface area contributed by atoms with E-state index in [0.29, 0.717) is 6.42 Å². The smallest absolute Gasteiger partial charge is 0.329 e. The normalized spacial score (nSPS) is 27.2. The number of methoxy groups -OCH3 is 1. The molecule has 1 N–H and O–H groups in total. The fourth-order valence-electron chi connectivity index (χ4n) is 2.91. The average molecular weight is 403 g/mol. The van der Waals surface area contributed by atoms with Crippen molar-refractivity contribution in [1.29, 1.82) is 0 Å². The fourth-order valence-corrected chi connectivity index (χ4v) is 2.91. The van der Waals surface area contributed by atoms with Crippen LogP contribution < -0.4 is 5.32 Å². The van der Waals surface area contributed by atoms with E-state index in [4.69, 9.17) is 14.2 Å². The van der Waals surface area contributed by atoms with E-state index < -0.39 is 23.9 Å². The van der Waals surface area contributed by atoms with Crippen LogP contribution in [0.5, 0.6) is 0 Å². The van der Waals surface area contributed by atoms with Gasteiger partial charge in [0.15, 0.2) is 0 Å². The topological polar surface area (TPSA) is 90.9 Å². The van der Waals surface area contributed by atoms with Crippen LogP contribution in [0.1, 0.15) is 25.8 Å². The summed E-state index contributed by atoms with van der Waals surface area (Å²) >= 11 is 0. The van der Waals surface area contributed by atoms with Crippen molar-refractivity contribution in [3.63, 3.8) is 0 Å². The zero-order valence-electron chi connectivity index (χ0n) is 17.1. The Hall–Kier alpha value is -2.67. The third-order valence-corrected chi connectivity index (χ3v) is 4.83. The Morgan fingerprint density at radius 1 is 1.07 bits per heavy atom. The first-order valence-corrected chi connectivity index (χ1v) is 9.76. The van der Waals surface area contributed by atoms with Gasteiger partial charge in [0.25, 0.3) is 0 Å². The van der Waals surface area contributed by atoms with Crippen molar-refractivity contribution in [2.24, 2.45) is 11.8 Å². The summed E-state index contributed by atoms with van der Waals surface area (Å²) in [4.78, 5) is 37.1. The monoisotopic (exact) mass is 403 g/mol. The van der Waals surface area contributed by atoms with Crippen LogP contribution >= 0.6 is 0 Å². The summed E-state index contributed by atoms with van der Waals surface area (Å²) in [7, 11) is 1.54. The number of carbonyl (C=O) groups excluding carboxylic acids is 3. The van der Waals surface area contributed by atoms with Gasteiger partial charge in [0.05, 0.1) is 18.4 Å². The van der Waals surface area contributed by atoms with E-state index in [2.05, 4.69) is 5.32 Å². The molecule has 1 amide bonds. The van der Waals surface area contributed by atoms with E-state index in [0.717, 1.165) is 5.56 Å². The minimum Gasteiger partial charge on any atom is -0.465 e. The molecule has 1 aromatic carbocycles. The molecule has 2 rings (SSSR count). The second-order valence-corrected chi connectivity index (χ2v) is 7.23. The molecule has 4 atom stereocenters. The fraction of sp³-hybridized carbons (Fsp3) is 0.500. The standard InChI is InChI=1S/C22H29NO6/c1-15-8-7-11-20(24)28-13-16(2)21(25)23-18(12-17-9-5-4-6-10-17)22(26)29-14-19(15)27-3/h4-10,15-16,18-19H,11-14H2,1-3H3,(H,23,25)/t15-,16-,18+,19-/m0/s1. The molecule has 0 radical (unpaired) electrons. The molecule has 1 heterocycles. The molecule has 1 aliphatic rings. The summed E-state index contributed by atoms with van der Waals surface area (Å²) in [5.41, 5.74) is 0.895. The van der Waals surface area contributed by atoms with Gasteiger partial charge in [-0.2, -0.15) is 0 Å². The average Bonchev–Trinajstić information content (AvgIpc) is 2.72. The van der Waals surface area contributed by atoms with Crippen LogP contribution in [0.2, 0.25) is 0 Å². The Kier molecular flexibility index (Phi) is 8.86. The van der Waals surface area contributed by atoms with Crippen LogP contribution in [0.4, 0.5) is 0 Å². The summed E-state index contributed by atoms with van der Waals surface area (Å²) in [5.74, 6) is -1.99. The maximum absolute atomic E-state index is 12.7. The highest BCUT2D eigenvalue weighted by Crippen LogP contribution is 2.13. The van der Waals surface area contributed by atoms with Gasteiger partial charge in [0, 0.05) is 19.4 Å². The van der Waals surface area contributed by atoms with Crippen LogP contribution in [0, 0.1) is 11.8 Å². The van der Waals surface area contributed by atoms with Crippen molar-refractivity contribution in [3.8, 4) is 0 Å². The Morgan fingerprint density at radius 2 is 1.79 bits per heavy atom. The van der Waals surface area contributed by atoms with Gasteiger partial charge >= 0.3 is 11.9 Å². The molecule has 0 spiro atoms. The molecule has 1 aromatic rings. The number of nitrogens with one attached hydrogen (secondary N) is 1. The lowest BCUT2D eigenvalue weighted by molar-refractivity contribution is -0.153. The summed E-state index contributed by atoms with van der Waals surface area (Å²) in [5, 5.41) is 2.73. The van der Waals surface area contributed by atoms with Gasteiger partial charge in [0.1, 0.15) is 19.3 Å². The number of hydrogen-bond acceptors (Lipinski definition) is 6. The zero-order chi connectivity index (χ0) is 21.2. The predicted octanol–water partition coefficient (Wildman–Crippen LogP) is 2.05. The van der Waals surface area contributed by atoms with Crippen molar-refractivity contribution >= 4 is 17.8 Å². The van der Waals surface area contributed by atoms with Gasteiger partial charge in [-0.25, -0.2) is 4.79 Å². The summed E-state index contributed by atoms with van der Waals surface area (Å²) < 4.78 is 16.1. The molecule has 29 heavy (non-hydrogen) atoms. The number of ether oxygens (including phenoxy) is 3. The second-order valence-electron chi connectivity index (χ2n) is 7.23. The van der Waals surface area contributed by atoms with Crippen molar-refractivity contribution in [2.45, 2.75) is 38.8 Å². The number of cyclic esters (lactones) is 2. The first kappa shape index (κ1) is 22.6. The molecule has 0 saturated heterocycles. The lowest BCUT2D eigenvalue weighted by atomic mass is 10.0. The Labute approximate surface area is 171 Å². The van der Waals surface area contributed by atoms with Crippen molar-refractivity contribution < 1.29 is 28.6 Å². The van der Waals surface area contributed by atoms with Gasteiger partial charge in [-0.1, -0.05) is 56.3 Å². The number of rotatable bonds is 3. The van der Waals surface area contributed by atoms with E-state index >= 15 is 0 Å². The molecule has 7 nitrogen and oxygen atoms in total. The lowest BCUT2D eigenvalue weighted by Gasteiger charge is -2.23. The molecular weight excluding hydrogens is 374 g/mol. The third kappa shape index (κ3) is 7.34. The highest BCUT2D eigenvalue weighted by Gasteiger charge is 2.27. The van der Waals surface area contributed by atoms with Crippen LogP contribution in [-0.4, -0.2) is 50.3 Å². The zero-order valence-corrected chi connectivity index (χ0v) is 17.1. The number of benzene rings is 1. The first-order valence-electron chi connectivity index (χ1n) is 9.76. The van der Waals surface area contributed by atoms with Gasteiger partial charge in [-0.05, 0) is 5.56 Å². The SMILES string of the molecule is CO[C@H]1COC(=O)[C@@H](Cc2ccccc2)NC(=O)[C@@H](C)COC(=O)CC=C[C@@H]1C. The molecule has 158 valence electrons. The maximum atomic E-state index is 12.7. The van der Waals surface area contributed by atoms with Crippen LogP contribution in [-0.2, 0) is 35.0 Å². The van der Waals surface area contributed by atoms with Gasteiger partial charge < -0.3 is 19.5 Å². The van der Waals surface area contributed by atoms with E-state index in [9.17, 15) is 14.4 Å². The maximum Gasteiger partial charge on any atom is 0.329 e. The van der Waals surface area contributed by atoms with Crippen molar-refractivity contribution in [2.75, 3.05) is 20.3 Å². The lowest BCUT2D eigenvalue weighted by Crippen LogP contribution is -2.46. The molecule has 0 aliphatic carbocycles.